The zero-order valence-corrected chi connectivity index (χ0v) is 15.8. The van der Waals surface area contributed by atoms with Crippen LogP contribution in [0.3, 0.4) is 0 Å². The third-order valence-electron chi connectivity index (χ3n) is 4.62. The van der Waals surface area contributed by atoms with Crippen LogP contribution in [0.15, 0.2) is 42.5 Å². The average molecular weight is 390 g/mol. The molecule has 0 atom stereocenters. The highest BCUT2D eigenvalue weighted by molar-refractivity contribution is 6.34. The summed E-state index contributed by atoms with van der Waals surface area (Å²) in [4.78, 5) is 29.1. The normalized spacial score (nSPS) is 15.5. The number of hydrogen-bond acceptors (Lipinski definition) is 4. The first-order valence-corrected chi connectivity index (χ1v) is 9.11. The maximum absolute atomic E-state index is 13.8. The van der Waals surface area contributed by atoms with Crippen molar-refractivity contribution in [1.29, 1.82) is 0 Å². The molecule has 5 nitrogen and oxygen atoms in total. The molecule has 0 saturated carbocycles. The zero-order chi connectivity index (χ0) is 19.4. The zero-order valence-electron chi connectivity index (χ0n) is 15.0. The highest BCUT2D eigenvalue weighted by Crippen LogP contribution is 2.21. The third kappa shape index (κ3) is 4.91. The van der Waals surface area contributed by atoms with Gasteiger partial charge in [0.1, 0.15) is 5.82 Å². The second-order valence-electron chi connectivity index (χ2n) is 6.63. The fourth-order valence-corrected chi connectivity index (χ4v) is 3.20. The molecule has 1 saturated heterocycles. The van der Waals surface area contributed by atoms with Gasteiger partial charge in [0, 0.05) is 37.4 Å². The summed E-state index contributed by atoms with van der Waals surface area (Å²) in [5.41, 5.74) is 0.848. The molecule has 0 bridgehead atoms. The van der Waals surface area contributed by atoms with Gasteiger partial charge in [-0.1, -0.05) is 17.7 Å². The molecule has 1 heterocycles. The molecule has 1 aliphatic rings. The number of likely N-dealkylation sites (N-methyl/N-ethyl adjacent to an activating group) is 1. The molecule has 3 rings (SSSR count). The molecule has 27 heavy (non-hydrogen) atoms. The summed E-state index contributed by atoms with van der Waals surface area (Å²) >= 11 is 5.91. The molecule has 7 heteroatoms. The molecule has 0 spiro atoms. The van der Waals surface area contributed by atoms with Crippen LogP contribution in [-0.4, -0.2) is 61.3 Å². The molecule has 0 aromatic heterocycles. The Hall–Kier alpha value is -2.28. The van der Waals surface area contributed by atoms with E-state index in [0.29, 0.717) is 17.8 Å². The van der Waals surface area contributed by atoms with Crippen molar-refractivity contribution in [1.82, 2.24) is 9.80 Å². The lowest BCUT2D eigenvalue weighted by molar-refractivity contribution is 0.0876. The number of halogens is 2. The smallest absolute Gasteiger partial charge is 0.260 e. The van der Waals surface area contributed by atoms with Crippen LogP contribution in [0.25, 0.3) is 0 Å². The Kier molecular flexibility index (Phi) is 6.21. The Morgan fingerprint density at radius 2 is 1.74 bits per heavy atom. The molecule has 1 aliphatic heterocycles. The Bertz CT molecular complexity index is 813. The largest absolute Gasteiger partial charge is 0.322 e. The third-order valence-corrected chi connectivity index (χ3v) is 4.93. The average Bonchev–Trinajstić information content (AvgIpc) is 2.64. The maximum Gasteiger partial charge on any atom is 0.260 e. The lowest BCUT2D eigenvalue weighted by Gasteiger charge is -2.31. The van der Waals surface area contributed by atoms with Gasteiger partial charge < -0.3 is 10.2 Å². The number of nitrogens with one attached hydrogen (secondary N) is 1. The molecule has 142 valence electrons. The van der Waals surface area contributed by atoms with Gasteiger partial charge in [0.05, 0.1) is 17.1 Å². The molecule has 1 fully saturated rings. The highest BCUT2D eigenvalue weighted by Gasteiger charge is 2.18. The fourth-order valence-electron chi connectivity index (χ4n) is 2.95. The van der Waals surface area contributed by atoms with Gasteiger partial charge in [-0.05, 0) is 43.4 Å². The minimum Gasteiger partial charge on any atom is -0.322 e. The number of ketones is 1. The molecule has 0 aliphatic carbocycles. The van der Waals surface area contributed by atoms with Crippen LogP contribution in [0.4, 0.5) is 10.1 Å². The molecule has 2 aromatic rings. The van der Waals surface area contributed by atoms with Crippen molar-refractivity contribution in [2.24, 2.45) is 0 Å². The van der Waals surface area contributed by atoms with E-state index in [1.807, 2.05) is 0 Å². The molecule has 1 amide bonds. The van der Waals surface area contributed by atoms with Gasteiger partial charge >= 0.3 is 0 Å². The number of Topliss-reactive ketones (excluding diaryl/α,β-unsaturated/α-hetero) is 1. The topological polar surface area (TPSA) is 52.6 Å². The van der Waals surface area contributed by atoms with E-state index in [9.17, 15) is 14.0 Å². The van der Waals surface area contributed by atoms with E-state index < -0.39 is 11.7 Å². The monoisotopic (exact) mass is 389 g/mol. The standard InChI is InChI=1S/C20H21ClFN3O2/c1-24-9-11-25(12-10-24)13-18(26)14-5-7-15(8-6-14)23-20(27)19-16(21)3-2-4-17(19)22/h2-8H,9-13H2,1H3,(H,23,27). The minimum atomic E-state index is -0.682. The quantitative estimate of drug-likeness (QED) is 0.798. The van der Waals surface area contributed by atoms with E-state index in [1.54, 1.807) is 24.3 Å². The lowest BCUT2D eigenvalue weighted by atomic mass is 10.1. The predicted molar refractivity (Wildman–Crippen MR) is 104 cm³/mol. The summed E-state index contributed by atoms with van der Waals surface area (Å²) in [7, 11) is 2.07. The molecular formula is C20H21ClFN3O2. The van der Waals surface area contributed by atoms with Gasteiger partial charge in [0.25, 0.3) is 5.91 Å². The maximum atomic E-state index is 13.8. The summed E-state index contributed by atoms with van der Waals surface area (Å²) in [6, 6.07) is 10.7. The van der Waals surface area contributed by atoms with Crippen LogP contribution >= 0.6 is 11.6 Å². The Labute approximate surface area is 162 Å². The number of nitrogens with zero attached hydrogens (tertiary/aromatic N) is 2. The van der Waals surface area contributed by atoms with Crippen molar-refractivity contribution in [3.63, 3.8) is 0 Å². The predicted octanol–water partition coefficient (Wildman–Crippen LogP) is 3.16. The number of amides is 1. The van der Waals surface area contributed by atoms with E-state index in [0.717, 1.165) is 26.2 Å². The van der Waals surface area contributed by atoms with Crippen molar-refractivity contribution in [2.75, 3.05) is 45.1 Å². The van der Waals surface area contributed by atoms with Crippen molar-refractivity contribution < 1.29 is 14.0 Å². The molecule has 0 radical (unpaired) electrons. The number of carbonyl (C=O) groups excluding carboxylic acids is 2. The summed E-state index contributed by atoms with van der Waals surface area (Å²) in [6.07, 6.45) is 0. The van der Waals surface area contributed by atoms with Crippen LogP contribution in [-0.2, 0) is 0 Å². The van der Waals surface area contributed by atoms with E-state index in [1.165, 1.54) is 18.2 Å². The molecular weight excluding hydrogens is 369 g/mol. The van der Waals surface area contributed by atoms with Gasteiger partial charge in [-0.3, -0.25) is 14.5 Å². The number of anilines is 1. The number of piperazine rings is 1. The highest BCUT2D eigenvalue weighted by atomic mass is 35.5. The van der Waals surface area contributed by atoms with Gasteiger partial charge in [-0.15, -0.1) is 0 Å². The number of carbonyl (C=O) groups is 2. The van der Waals surface area contributed by atoms with Crippen molar-refractivity contribution in [3.8, 4) is 0 Å². The summed E-state index contributed by atoms with van der Waals surface area (Å²) in [5.74, 6) is -1.27. The van der Waals surface area contributed by atoms with Gasteiger partial charge in [0.2, 0.25) is 0 Å². The Morgan fingerprint density at radius 1 is 1.07 bits per heavy atom. The summed E-state index contributed by atoms with van der Waals surface area (Å²) < 4.78 is 13.8. The van der Waals surface area contributed by atoms with Crippen LogP contribution in [0.1, 0.15) is 20.7 Å². The van der Waals surface area contributed by atoms with Gasteiger partial charge in [-0.2, -0.15) is 0 Å². The van der Waals surface area contributed by atoms with Crippen molar-refractivity contribution >= 4 is 29.0 Å². The minimum absolute atomic E-state index is 0.0366. The summed E-state index contributed by atoms with van der Waals surface area (Å²) in [6.45, 7) is 4.04. The second-order valence-corrected chi connectivity index (χ2v) is 7.04. The molecule has 2 aromatic carbocycles. The van der Waals surface area contributed by atoms with Crippen LogP contribution in [0, 0.1) is 5.82 Å². The summed E-state index contributed by atoms with van der Waals surface area (Å²) in [5, 5.41) is 2.65. The first-order valence-electron chi connectivity index (χ1n) is 8.73. The number of rotatable bonds is 5. The Balaban J connectivity index is 1.61. The fraction of sp³-hybridized carbons (Fsp3) is 0.300. The van der Waals surface area contributed by atoms with E-state index in [-0.39, 0.29) is 16.4 Å². The van der Waals surface area contributed by atoms with Crippen LogP contribution < -0.4 is 5.32 Å². The van der Waals surface area contributed by atoms with Crippen LogP contribution in [0.2, 0.25) is 5.02 Å². The van der Waals surface area contributed by atoms with E-state index in [4.69, 9.17) is 11.6 Å². The van der Waals surface area contributed by atoms with Gasteiger partial charge in [0.15, 0.2) is 5.78 Å². The lowest BCUT2D eigenvalue weighted by Crippen LogP contribution is -2.46. The number of hydrogen-bond donors (Lipinski definition) is 1. The molecule has 0 unspecified atom stereocenters. The number of benzene rings is 2. The molecule has 1 N–H and O–H groups in total. The van der Waals surface area contributed by atoms with Crippen molar-refractivity contribution in [3.05, 3.63) is 64.4 Å². The SMILES string of the molecule is CN1CCN(CC(=O)c2ccc(NC(=O)c3c(F)cccc3Cl)cc2)CC1. The van der Waals surface area contributed by atoms with E-state index in [2.05, 4.69) is 22.2 Å². The van der Waals surface area contributed by atoms with E-state index >= 15 is 0 Å². The Morgan fingerprint density at radius 3 is 2.37 bits per heavy atom. The van der Waals surface area contributed by atoms with Gasteiger partial charge in [-0.25, -0.2) is 4.39 Å². The first kappa shape index (κ1) is 19.5. The van der Waals surface area contributed by atoms with Crippen molar-refractivity contribution in [2.45, 2.75) is 0 Å². The second kappa shape index (κ2) is 8.61. The first-order chi connectivity index (χ1) is 12.9. The van der Waals surface area contributed by atoms with Crippen LogP contribution in [0.5, 0.6) is 0 Å².